The quantitative estimate of drug-likeness (QED) is 0.572. The molecule has 1 fully saturated rings. The number of carbonyl (C=O) groups excluding carboxylic acids is 1. The van der Waals surface area contributed by atoms with E-state index in [0.717, 1.165) is 69.2 Å². The van der Waals surface area contributed by atoms with Crippen LogP contribution in [0, 0.1) is 0 Å². The number of piperidine rings is 1. The van der Waals surface area contributed by atoms with Gasteiger partial charge in [-0.3, -0.25) is 9.36 Å². The smallest absolute Gasteiger partial charge is 0.306 e. The molecule has 0 aliphatic carbocycles. The van der Waals surface area contributed by atoms with Gasteiger partial charge in [0.1, 0.15) is 5.78 Å². The van der Waals surface area contributed by atoms with Gasteiger partial charge in [0, 0.05) is 32.0 Å². The third-order valence-corrected chi connectivity index (χ3v) is 6.04. The molecule has 1 N–H and O–H groups in total. The van der Waals surface area contributed by atoms with E-state index in [9.17, 15) is 9.59 Å². The number of hydrogen-bond acceptors (Lipinski definition) is 3. The maximum Gasteiger partial charge on any atom is 0.326 e. The Balaban J connectivity index is 1.37. The van der Waals surface area contributed by atoms with Crippen LogP contribution in [0.3, 0.4) is 0 Å². The van der Waals surface area contributed by atoms with Crippen LogP contribution in [0.1, 0.15) is 77.2 Å². The van der Waals surface area contributed by atoms with Crippen LogP contribution in [0.15, 0.2) is 29.1 Å². The van der Waals surface area contributed by atoms with E-state index >= 15 is 0 Å². The molecule has 0 atom stereocenters. The molecule has 0 spiro atoms. The third-order valence-electron chi connectivity index (χ3n) is 6.04. The van der Waals surface area contributed by atoms with Crippen LogP contribution in [0.5, 0.6) is 0 Å². The average molecular weight is 386 g/mol. The first-order valence-corrected chi connectivity index (χ1v) is 11.1. The number of likely N-dealkylation sites (tertiary alicyclic amines) is 1. The van der Waals surface area contributed by atoms with E-state index < -0.39 is 0 Å². The molecule has 2 aromatic rings. The van der Waals surface area contributed by atoms with Crippen LogP contribution in [0.4, 0.5) is 0 Å². The Morgan fingerprint density at radius 1 is 1.04 bits per heavy atom. The van der Waals surface area contributed by atoms with Crippen molar-refractivity contribution in [2.45, 2.75) is 77.2 Å². The summed E-state index contributed by atoms with van der Waals surface area (Å²) in [5.74, 6) is 0.428. The molecule has 5 nitrogen and oxygen atoms in total. The number of para-hydroxylation sites is 2. The first-order valence-electron chi connectivity index (χ1n) is 11.1. The molecule has 28 heavy (non-hydrogen) atoms. The molecule has 1 aliphatic rings. The Morgan fingerprint density at radius 2 is 1.75 bits per heavy atom. The van der Waals surface area contributed by atoms with Crippen molar-refractivity contribution in [3.05, 3.63) is 34.7 Å². The van der Waals surface area contributed by atoms with Crippen molar-refractivity contribution in [1.29, 1.82) is 0 Å². The number of carbonyl (C=O) groups is 1. The minimum absolute atomic E-state index is 0.00387. The predicted molar refractivity (Wildman–Crippen MR) is 115 cm³/mol. The minimum Gasteiger partial charge on any atom is -0.306 e. The molecule has 154 valence electrons. The number of fused-ring (bicyclic) bond motifs is 1. The Hall–Kier alpha value is -1.88. The van der Waals surface area contributed by atoms with Gasteiger partial charge in [0.2, 0.25) is 0 Å². The molecule has 0 saturated carbocycles. The topological polar surface area (TPSA) is 58.1 Å². The number of Topliss-reactive ketones (excluding diaryl/α,β-unsaturated/α-hetero) is 1. The lowest BCUT2D eigenvalue weighted by Crippen LogP contribution is -2.37. The Labute approximate surface area is 168 Å². The first-order chi connectivity index (χ1) is 13.7. The fourth-order valence-corrected chi connectivity index (χ4v) is 4.39. The lowest BCUT2D eigenvalue weighted by molar-refractivity contribution is -0.119. The molecule has 2 heterocycles. The SMILES string of the molecule is CCCCCCCC(=O)CCCN1CCC(n2c(=O)[nH]c3ccccc32)CC1. The Kier molecular flexibility index (Phi) is 7.90. The van der Waals surface area contributed by atoms with Crippen LogP contribution in [0.2, 0.25) is 0 Å². The number of benzene rings is 1. The molecule has 5 heteroatoms. The van der Waals surface area contributed by atoms with Crippen molar-refractivity contribution < 1.29 is 4.79 Å². The molecule has 1 aromatic heterocycles. The molecule has 3 rings (SSSR count). The van der Waals surface area contributed by atoms with E-state index in [4.69, 9.17) is 0 Å². The fourth-order valence-electron chi connectivity index (χ4n) is 4.39. The Morgan fingerprint density at radius 3 is 2.54 bits per heavy atom. The number of hydrogen-bond donors (Lipinski definition) is 1. The number of aromatic nitrogens is 2. The zero-order valence-electron chi connectivity index (χ0n) is 17.3. The Bertz CT molecular complexity index is 800. The number of H-pyrrole nitrogens is 1. The number of unbranched alkanes of at least 4 members (excludes halogenated alkanes) is 4. The van der Waals surface area contributed by atoms with Crippen molar-refractivity contribution in [2.75, 3.05) is 19.6 Å². The summed E-state index contributed by atoms with van der Waals surface area (Å²) in [4.78, 5) is 29.8. The molecule has 0 unspecified atom stereocenters. The normalized spacial score (nSPS) is 16.0. The molecule has 1 aliphatic heterocycles. The van der Waals surface area contributed by atoms with Gasteiger partial charge in [0.05, 0.1) is 11.0 Å². The van der Waals surface area contributed by atoms with Gasteiger partial charge >= 0.3 is 5.69 Å². The monoisotopic (exact) mass is 385 g/mol. The van der Waals surface area contributed by atoms with Gasteiger partial charge < -0.3 is 9.88 Å². The van der Waals surface area contributed by atoms with E-state index in [1.807, 2.05) is 28.8 Å². The maximum absolute atomic E-state index is 12.4. The van der Waals surface area contributed by atoms with Gasteiger partial charge in [-0.1, -0.05) is 44.7 Å². The number of nitrogens with zero attached hydrogens (tertiary/aromatic N) is 2. The second kappa shape index (κ2) is 10.6. The summed E-state index contributed by atoms with van der Waals surface area (Å²) in [5, 5.41) is 0. The molecule has 1 aromatic carbocycles. The van der Waals surface area contributed by atoms with Gasteiger partial charge in [-0.25, -0.2) is 4.79 Å². The largest absolute Gasteiger partial charge is 0.326 e. The van der Waals surface area contributed by atoms with E-state index in [0.29, 0.717) is 5.78 Å². The molecule has 0 radical (unpaired) electrons. The van der Waals surface area contributed by atoms with Gasteiger partial charge in [-0.2, -0.15) is 0 Å². The molecule has 0 bridgehead atoms. The standard InChI is InChI=1S/C23H35N3O2/c1-2-3-4-5-6-10-20(27)11-9-16-25-17-14-19(15-18-25)26-22-13-8-7-12-21(22)24-23(26)28/h7-8,12-13,19H,2-6,9-11,14-18H2,1H3,(H,24,28). The van der Waals surface area contributed by atoms with Gasteiger partial charge in [-0.05, 0) is 44.4 Å². The van der Waals surface area contributed by atoms with E-state index in [1.54, 1.807) is 0 Å². The highest BCUT2D eigenvalue weighted by Crippen LogP contribution is 2.25. The second-order valence-corrected chi connectivity index (χ2v) is 8.20. The summed E-state index contributed by atoms with van der Waals surface area (Å²) < 4.78 is 1.94. The molecular weight excluding hydrogens is 350 g/mol. The summed E-state index contributed by atoms with van der Waals surface area (Å²) >= 11 is 0. The van der Waals surface area contributed by atoms with Gasteiger partial charge in [0.15, 0.2) is 0 Å². The predicted octanol–water partition coefficient (Wildman–Crippen LogP) is 4.68. The number of aromatic amines is 1. The van der Waals surface area contributed by atoms with Crippen molar-refractivity contribution in [3.63, 3.8) is 0 Å². The van der Waals surface area contributed by atoms with Crippen LogP contribution < -0.4 is 5.69 Å². The van der Waals surface area contributed by atoms with Crippen LogP contribution in [-0.4, -0.2) is 39.9 Å². The zero-order chi connectivity index (χ0) is 19.8. The second-order valence-electron chi connectivity index (χ2n) is 8.20. The number of rotatable bonds is 11. The highest BCUT2D eigenvalue weighted by atomic mass is 16.1. The third kappa shape index (κ3) is 5.57. The van der Waals surface area contributed by atoms with Gasteiger partial charge in [0.25, 0.3) is 0 Å². The lowest BCUT2D eigenvalue weighted by atomic mass is 10.0. The van der Waals surface area contributed by atoms with Crippen LogP contribution in [0.25, 0.3) is 11.0 Å². The summed E-state index contributed by atoms with van der Waals surface area (Å²) in [5.41, 5.74) is 1.93. The molecule has 1 saturated heterocycles. The van der Waals surface area contributed by atoms with Crippen molar-refractivity contribution in [3.8, 4) is 0 Å². The van der Waals surface area contributed by atoms with Crippen molar-refractivity contribution in [1.82, 2.24) is 14.5 Å². The highest BCUT2D eigenvalue weighted by molar-refractivity contribution is 5.78. The minimum atomic E-state index is 0.00387. The number of imidazole rings is 1. The van der Waals surface area contributed by atoms with Crippen molar-refractivity contribution >= 4 is 16.8 Å². The molecule has 0 amide bonds. The van der Waals surface area contributed by atoms with E-state index in [1.165, 1.54) is 25.7 Å². The summed E-state index contributed by atoms with van der Waals surface area (Å²) in [7, 11) is 0. The fraction of sp³-hybridized carbons (Fsp3) is 0.652. The van der Waals surface area contributed by atoms with E-state index in [2.05, 4.69) is 16.8 Å². The zero-order valence-corrected chi connectivity index (χ0v) is 17.3. The molecular formula is C23H35N3O2. The van der Waals surface area contributed by atoms with Crippen molar-refractivity contribution in [2.24, 2.45) is 0 Å². The average Bonchev–Trinajstić information content (AvgIpc) is 3.04. The van der Waals surface area contributed by atoms with Crippen LogP contribution >= 0.6 is 0 Å². The maximum atomic E-state index is 12.4. The number of nitrogens with one attached hydrogen (secondary N) is 1. The lowest BCUT2D eigenvalue weighted by Gasteiger charge is -2.32. The summed E-state index contributed by atoms with van der Waals surface area (Å²) in [6.45, 7) is 5.22. The highest BCUT2D eigenvalue weighted by Gasteiger charge is 2.23. The number of ketones is 1. The summed E-state index contributed by atoms with van der Waals surface area (Å²) in [6.07, 6.45) is 10.5. The van der Waals surface area contributed by atoms with Gasteiger partial charge in [-0.15, -0.1) is 0 Å². The van der Waals surface area contributed by atoms with Crippen LogP contribution in [-0.2, 0) is 4.79 Å². The van der Waals surface area contributed by atoms with E-state index in [-0.39, 0.29) is 11.7 Å². The summed E-state index contributed by atoms with van der Waals surface area (Å²) in [6, 6.07) is 8.20. The first kappa shape index (κ1) is 20.8.